The highest BCUT2D eigenvalue weighted by Gasteiger charge is 2.22. The van der Waals surface area contributed by atoms with Gasteiger partial charge in [-0.15, -0.1) is 0 Å². The van der Waals surface area contributed by atoms with Crippen molar-refractivity contribution in [2.24, 2.45) is 0 Å². The number of nitrogen functional groups attached to an aromatic ring is 1. The molecule has 1 fully saturated rings. The zero-order chi connectivity index (χ0) is 15.8. The maximum Gasteiger partial charge on any atom is 0.222 e. The number of hydrogen-bond donors (Lipinski definition) is 2. The van der Waals surface area contributed by atoms with Gasteiger partial charge in [0, 0.05) is 29.3 Å². The minimum absolute atomic E-state index is 0.263. The van der Waals surface area contributed by atoms with Gasteiger partial charge in [0.2, 0.25) is 5.95 Å². The van der Waals surface area contributed by atoms with Gasteiger partial charge in [0.1, 0.15) is 17.1 Å². The van der Waals surface area contributed by atoms with Crippen LogP contribution in [0.2, 0.25) is 0 Å². The van der Waals surface area contributed by atoms with Crippen molar-refractivity contribution in [1.82, 2.24) is 15.0 Å². The number of nitrogens with two attached hydrogens (primary N) is 1. The smallest absolute Gasteiger partial charge is 0.222 e. The number of hydrogen-bond acceptors (Lipinski definition) is 6. The molecule has 2 heterocycles. The van der Waals surface area contributed by atoms with Crippen LogP contribution in [-0.2, 0) is 0 Å². The Bertz CT molecular complexity index is 876. The fourth-order valence-electron chi connectivity index (χ4n) is 2.65. The maximum atomic E-state index is 5.89. The van der Waals surface area contributed by atoms with Gasteiger partial charge in [-0.25, -0.2) is 4.98 Å². The molecular weight excluding hydrogens is 290 g/mol. The monoisotopic (exact) mass is 307 g/mol. The fraction of sp³-hybridized carbons (Fsp3) is 0.235. The molecule has 0 aliphatic heterocycles. The minimum atomic E-state index is 0.263. The summed E-state index contributed by atoms with van der Waals surface area (Å²) in [7, 11) is 1.64. The molecule has 1 saturated carbocycles. The Morgan fingerprint density at radius 3 is 2.87 bits per heavy atom. The SMILES string of the molecule is COc1ccc(-c2cc(NC3CC3)nc(N)n2)c2cccnc12. The summed E-state index contributed by atoms with van der Waals surface area (Å²) in [6, 6.07) is 10.2. The highest BCUT2D eigenvalue weighted by atomic mass is 16.5. The van der Waals surface area contributed by atoms with E-state index in [4.69, 9.17) is 10.5 Å². The Morgan fingerprint density at radius 2 is 2.09 bits per heavy atom. The molecule has 1 aromatic carbocycles. The van der Waals surface area contributed by atoms with E-state index in [9.17, 15) is 0 Å². The van der Waals surface area contributed by atoms with Crippen LogP contribution in [0.4, 0.5) is 11.8 Å². The molecule has 0 radical (unpaired) electrons. The molecule has 3 aromatic rings. The van der Waals surface area contributed by atoms with E-state index in [-0.39, 0.29) is 5.95 Å². The molecule has 0 atom stereocenters. The first kappa shape index (κ1) is 13.8. The number of benzene rings is 1. The predicted molar refractivity (Wildman–Crippen MR) is 90.4 cm³/mol. The molecule has 23 heavy (non-hydrogen) atoms. The second kappa shape index (κ2) is 5.39. The molecule has 1 aliphatic carbocycles. The molecule has 0 saturated heterocycles. The van der Waals surface area contributed by atoms with Crippen LogP contribution < -0.4 is 15.8 Å². The Kier molecular flexibility index (Phi) is 3.22. The van der Waals surface area contributed by atoms with E-state index in [1.807, 2.05) is 30.3 Å². The zero-order valence-corrected chi connectivity index (χ0v) is 12.8. The third-order valence-electron chi connectivity index (χ3n) is 3.90. The molecule has 0 bridgehead atoms. The third kappa shape index (κ3) is 2.63. The molecule has 1 aliphatic rings. The summed E-state index contributed by atoms with van der Waals surface area (Å²) in [5.74, 6) is 1.77. The summed E-state index contributed by atoms with van der Waals surface area (Å²) < 4.78 is 5.39. The third-order valence-corrected chi connectivity index (χ3v) is 3.90. The molecule has 3 N–H and O–H groups in total. The molecular formula is C17H17N5O. The molecule has 6 heteroatoms. The van der Waals surface area contributed by atoms with Gasteiger partial charge < -0.3 is 15.8 Å². The van der Waals surface area contributed by atoms with Crippen LogP contribution >= 0.6 is 0 Å². The summed E-state index contributed by atoms with van der Waals surface area (Å²) in [4.78, 5) is 13.1. The van der Waals surface area contributed by atoms with Crippen molar-refractivity contribution < 1.29 is 4.74 Å². The highest BCUT2D eigenvalue weighted by molar-refractivity contribution is 5.97. The van der Waals surface area contributed by atoms with E-state index in [1.54, 1.807) is 13.3 Å². The summed E-state index contributed by atoms with van der Waals surface area (Å²) in [6.45, 7) is 0. The van der Waals surface area contributed by atoms with Crippen molar-refractivity contribution in [3.63, 3.8) is 0 Å². The van der Waals surface area contributed by atoms with E-state index in [1.165, 1.54) is 12.8 Å². The molecule has 0 unspecified atom stereocenters. The van der Waals surface area contributed by atoms with E-state index < -0.39 is 0 Å². The number of rotatable bonds is 4. The average Bonchev–Trinajstić information content (AvgIpc) is 3.37. The lowest BCUT2D eigenvalue weighted by molar-refractivity contribution is 0.419. The Morgan fingerprint density at radius 1 is 1.22 bits per heavy atom. The normalized spacial score (nSPS) is 14.0. The van der Waals surface area contributed by atoms with E-state index in [2.05, 4.69) is 20.3 Å². The van der Waals surface area contributed by atoms with Gasteiger partial charge in [0.25, 0.3) is 0 Å². The number of nitrogens with one attached hydrogen (secondary N) is 1. The Labute approximate surface area is 133 Å². The van der Waals surface area contributed by atoms with Crippen molar-refractivity contribution in [3.8, 4) is 17.0 Å². The van der Waals surface area contributed by atoms with Crippen LogP contribution in [0.3, 0.4) is 0 Å². The van der Waals surface area contributed by atoms with Crippen LogP contribution in [0.25, 0.3) is 22.2 Å². The number of nitrogens with zero attached hydrogens (tertiary/aromatic N) is 3. The van der Waals surface area contributed by atoms with Crippen LogP contribution in [0.5, 0.6) is 5.75 Å². The van der Waals surface area contributed by atoms with Gasteiger partial charge in [-0.3, -0.25) is 4.98 Å². The quantitative estimate of drug-likeness (QED) is 0.771. The summed E-state index contributed by atoms with van der Waals surface area (Å²) in [5.41, 5.74) is 8.44. The topological polar surface area (TPSA) is 86.0 Å². The number of fused-ring (bicyclic) bond motifs is 1. The first-order valence-corrected chi connectivity index (χ1v) is 7.58. The Balaban J connectivity index is 1.87. The van der Waals surface area contributed by atoms with Crippen molar-refractivity contribution in [1.29, 1.82) is 0 Å². The van der Waals surface area contributed by atoms with Gasteiger partial charge in [0.15, 0.2) is 0 Å². The molecule has 0 amide bonds. The summed E-state index contributed by atoms with van der Waals surface area (Å²) in [5, 5.41) is 4.34. The number of methoxy groups -OCH3 is 1. The molecule has 116 valence electrons. The van der Waals surface area contributed by atoms with Crippen LogP contribution in [0.1, 0.15) is 12.8 Å². The number of anilines is 2. The van der Waals surface area contributed by atoms with Gasteiger partial charge in [-0.05, 0) is 31.0 Å². The summed E-state index contributed by atoms with van der Waals surface area (Å²) >= 11 is 0. The molecule has 0 spiro atoms. The standard InChI is InChI=1S/C17H17N5O/c1-23-14-7-6-11(12-3-2-8-19-16(12)14)13-9-15(20-10-4-5-10)22-17(18)21-13/h2-3,6-10H,4-5H2,1H3,(H3,18,20,21,22). The molecule has 6 nitrogen and oxygen atoms in total. The first-order valence-electron chi connectivity index (χ1n) is 7.58. The largest absolute Gasteiger partial charge is 0.494 e. The zero-order valence-electron chi connectivity index (χ0n) is 12.8. The summed E-state index contributed by atoms with van der Waals surface area (Å²) in [6.07, 6.45) is 4.10. The fourth-order valence-corrected chi connectivity index (χ4v) is 2.65. The number of pyridine rings is 1. The predicted octanol–water partition coefficient (Wildman–Crippen LogP) is 2.86. The lowest BCUT2D eigenvalue weighted by Gasteiger charge is -2.11. The highest BCUT2D eigenvalue weighted by Crippen LogP contribution is 2.33. The minimum Gasteiger partial charge on any atom is -0.494 e. The lowest BCUT2D eigenvalue weighted by Crippen LogP contribution is -2.06. The number of ether oxygens (including phenoxy) is 1. The Hall–Kier alpha value is -2.89. The lowest BCUT2D eigenvalue weighted by atomic mass is 10.0. The van der Waals surface area contributed by atoms with Gasteiger partial charge in [-0.1, -0.05) is 6.07 Å². The van der Waals surface area contributed by atoms with Crippen molar-refractivity contribution in [3.05, 3.63) is 36.5 Å². The molecule has 2 aromatic heterocycles. The van der Waals surface area contributed by atoms with E-state index >= 15 is 0 Å². The first-order chi connectivity index (χ1) is 11.2. The maximum absolute atomic E-state index is 5.89. The van der Waals surface area contributed by atoms with Crippen molar-refractivity contribution >= 4 is 22.7 Å². The second-order valence-corrected chi connectivity index (χ2v) is 5.63. The molecule has 4 rings (SSSR count). The van der Waals surface area contributed by atoms with Crippen molar-refractivity contribution in [2.45, 2.75) is 18.9 Å². The average molecular weight is 307 g/mol. The van der Waals surface area contributed by atoms with Gasteiger partial charge in [0.05, 0.1) is 12.8 Å². The van der Waals surface area contributed by atoms with Crippen LogP contribution in [-0.4, -0.2) is 28.1 Å². The second-order valence-electron chi connectivity index (χ2n) is 5.63. The van der Waals surface area contributed by atoms with E-state index in [0.29, 0.717) is 6.04 Å². The van der Waals surface area contributed by atoms with Crippen LogP contribution in [0, 0.1) is 0 Å². The van der Waals surface area contributed by atoms with E-state index in [0.717, 1.165) is 33.7 Å². The van der Waals surface area contributed by atoms with Crippen molar-refractivity contribution in [2.75, 3.05) is 18.2 Å². The van der Waals surface area contributed by atoms with Crippen LogP contribution in [0.15, 0.2) is 36.5 Å². The van der Waals surface area contributed by atoms with Gasteiger partial charge in [-0.2, -0.15) is 4.98 Å². The number of aromatic nitrogens is 3. The van der Waals surface area contributed by atoms with Gasteiger partial charge >= 0.3 is 0 Å².